The third-order valence-corrected chi connectivity index (χ3v) is 7.60. The standard InChI is InChI=1S/C20H25N3O6S2/c1-5-30(26,27)22-19-11-8-17(12-14(19)2)21-20(25)13-23(4)31(28,29)18-9-6-16(7-10-18)15(3)24/h6-12,22H,5,13H2,1-4H3,(H,21,25). The Morgan fingerprint density at radius 1 is 1.00 bits per heavy atom. The van der Waals surface area contributed by atoms with Crippen molar-refractivity contribution in [3.63, 3.8) is 0 Å². The number of aryl methyl sites for hydroxylation is 1. The number of likely N-dealkylation sites (N-methyl/N-ethyl adjacent to an activating group) is 1. The fourth-order valence-electron chi connectivity index (χ4n) is 2.62. The molecule has 1 amide bonds. The Bertz CT molecular complexity index is 1190. The van der Waals surface area contributed by atoms with E-state index in [1.807, 2.05) is 0 Å². The summed E-state index contributed by atoms with van der Waals surface area (Å²) in [4.78, 5) is 23.7. The number of nitrogens with one attached hydrogen (secondary N) is 2. The third-order valence-electron chi connectivity index (χ3n) is 4.49. The van der Waals surface area contributed by atoms with Gasteiger partial charge in [0.2, 0.25) is 26.0 Å². The summed E-state index contributed by atoms with van der Waals surface area (Å²) in [5, 5.41) is 2.60. The molecule has 168 valence electrons. The molecule has 11 heteroatoms. The Hall–Kier alpha value is -2.76. The van der Waals surface area contributed by atoms with Crippen molar-refractivity contribution in [1.82, 2.24) is 4.31 Å². The van der Waals surface area contributed by atoms with E-state index >= 15 is 0 Å². The molecule has 2 aromatic carbocycles. The minimum Gasteiger partial charge on any atom is -0.325 e. The molecule has 0 saturated heterocycles. The van der Waals surface area contributed by atoms with Crippen molar-refractivity contribution in [2.75, 3.05) is 29.4 Å². The molecule has 2 rings (SSSR count). The lowest BCUT2D eigenvalue weighted by molar-refractivity contribution is -0.116. The first-order valence-corrected chi connectivity index (χ1v) is 12.4. The minimum absolute atomic E-state index is 0.0313. The first-order chi connectivity index (χ1) is 14.4. The Morgan fingerprint density at radius 3 is 2.13 bits per heavy atom. The van der Waals surface area contributed by atoms with Gasteiger partial charge in [-0.1, -0.05) is 12.1 Å². The maximum atomic E-state index is 12.7. The van der Waals surface area contributed by atoms with Gasteiger partial charge in [-0.2, -0.15) is 4.31 Å². The number of hydrogen-bond acceptors (Lipinski definition) is 6. The van der Waals surface area contributed by atoms with E-state index in [9.17, 15) is 26.4 Å². The summed E-state index contributed by atoms with van der Waals surface area (Å²) in [6.07, 6.45) is 0. The molecule has 0 unspecified atom stereocenters. The molecule has 9 nitrogen and oxygen atoms in total. The van der Waals surface area contributed by atoms with Crippen molar-refractivity contribution in [3.8, 4) is 0 Å². The summed E-state index contributed by atoms with van der Waals surface area (Å²) in [6.45, 7) is 4.16. The molecule has 0 spiro atoms. The van der Waals surface area contributed by atoms with E-state index in [2.05, 4.69) is 10.0 Å². The van der Waals surface area contributed by atoms with E-state index in [4.69, 9.17) is 0 Å². The summed E-state index contributed by atoms with van der Waals surface area (Å²) in [5.74, 6) is -0.809. The molecule has 0 heterocycles. The number of carbonyl (C=O) groups is 2. The Labute approximate surface area is 182 Å². The van der Waals surface area contributed by atoms with E-state index in [0.717, 1.165) is 4.31 Å². The van der Waals surface area contributed by atoms with Crippen LogP contribution in [-0.4, -0.2) is 52.2 Å². The van der Waals surface area contributed by atoms with Gasteiger partial charge < -0.3 is 5.32 Å². The molecule has 0 aliphatic heterocycles. The monoisotopic (exact) mass is 467 g/mol. The molecular formula is C20H25N3O6S2. The van der Waals surface area contributed by atoms with Crippen LogP contribution in [0.25, 0.3) is 0 Å². The van der Waals surface area contributed by atoms with Crippen LogP contribution in [0, 0.1) is 6.92 Å². The van der Waals surface area contributed by atoms with Gasteiger partial charge in [0.25, 0.3) is 0 Å². The highest BCUT2D eigenvalue weighted by atomic mass is 32.2. The number of rotatable bonds is 9. The van der Waals surface area contributed by atoms with E-state index in [-0.39, 0.29) is 16.4 Å². The highest BCUT2D eigenvalue weighted by Crippen LogP contribution is 2.21. The lowest BCUT2D eigenvalue weighted by Gasteiger charge is -2.17. The van der Waals surface area contributed by atoms with Gasteiger partial charge in [-0.25, -0.2) is 16.8 Å². The predicted octanol–water partition coefficient (Wildman–Crippen LogP) is 2.22. The van der Waals surface area contributed by atoms with Crippen LogP contribution in [0.5, 0.6) is 0 Å². The summed E-state index contributed by atoms with van der Waals surface area (Å²) in [7, 11) is -6.07. The normalized spacial score (nSPS) is 11.9. The largest absolute Gasteiger partial charge is 0.325 e. The third kappa shape index (κ3) is 6.36. The predicted molar refractivity (Wildman–Crippen MR) is 119 cm³/mol. The lowest BCUT2D eigenvalue weighted by Crippen LogP contribution is -2.35. The number of carbonyl (C=O) groups excluding carboxylic acids is 2. The summed E-state index contributed by atoms with van der Waals surface area (Å²) in [6, 6.07) is 10.1. The average molecular weight is 468 g/mol. The maximum Gasteiger partial charge on any atom is 0.243 e. The zero-order valence-electron chi connectivity index (χ0n) is 17.7. The Balaban J connectivity index is 2.07. The number of ketones is 1. The van der Waals surface area contributed by atoms with Crippen LogP contribution in [0.15, 0.2) is 47.4 Å². The summed E-state index contributed by atoms with van der Waals surface area (Å²) >= 11 is 0. The smallest absolute Gasteiger partial charge is 0.243 e. The van der Waals surface area contributed by atoms with E-state index < -0.39 is 32.5 Å². The molecule has 0 aromatic heterocycles. The molecule has 0 aliphatic carbocycles. The Kier molecular flexibility index (Phi) is 7.58. The second kappa shape index (κ2) is 9.58. The van der Waals surface area contributed by atoms with Crippen LogP contribution < -0.4 is 10.0 Å². The van der Waals surface area contributed by atoms with Gasteiger partial charge in [0.15, 0.2) is 5.78 Å². The number of Topliss-reactive ketones (excluding diaryl/α,β-unsaturated/α-hetero) is 1. The van der Waals surface area contributed by atoms with Crippen LogP contribution in [0.2, 0.25) is 0 Å². The number of benzene rings is 2. The molecule has 0 saturated carbocycles. The van der Waals surface area contributed by atoms with E-state index in [1.54, 1.807) is 13.0 Å². The summed E-state index contributed by atoms with van der Waals surface area (Å²) in [5.41, 5.74) is 1.79. The summed E-state index contributed by atoms with van der Waals surface area (Å²) < 4.78 is 52.1. The zero-order chi connectivity index (χ0) is 23.4. The van der Waals surface area contributed by atoms with Crippen molar-refractivity contribution in [2.45, 2.75) is 25.7 Å². The van der Waals surface area contributed by atoms with Crippen LogP contribution in [0.4, 0.5) is 11.4 Å². The van der Waals surface area contributed by atoms with Crippen molar-refractivity contribution in [1.29, 1.82) is 0 Å². The van der Waals surface area contributed by atoms with Gasteiger partial charge in [0.05, 0.1) is 22.9 Å². The van der Waals surface area contributed by atoms with Gasteiger partial charge in [-0.15, -0.1) is 0 Å². The van der Waals surface area contributed by atoms with Gasteiger partial charge >= 0.3 is 0 Å². The molecule has 2 N–H and O–H groups in total. The molecule has 0 bridgehead atoms. The average Bonchev–Trinajstić information content (AvgIpc) is 2.70. The molecule has 0 fully saturated rings. The van der Waals surface area contributed by atoms with E-state index in [1.165, 1.54) is 57.3 Å². The molecular weight excluding hydrogens is 442 g/mol. The molecule has 2 aromatic rings. The Morgan fingerprint density at radius 2 is 1.61 bits per heavy atom. The van der Waals surface area contributed by atoms with Crippen LogP contribution in [-0.2, 0) is 24.8 Å². The lowest BCUT2D eigenvalue weighted by atomic mass is 10.2. The molecule has 0 aliphatic rings. The SMILES string of the molecule is CCS(=O)(=O)Nc1ccc(NC(=O)CN(C)S(=O)(=O)c2ccc(C(C)=O)cc2)cc1C. The van der Waals surface area contributed by atoms with Crippen LogP contribution in [0.1, 0.15) is 29.8 Å². The minimum atomic E-state index is -3.92. The van der Waals surface area contributed by atoms with Crippen molar-refractivity contribution in [2.24, 2.45) is 0 Å². The van der Waals surface area contributed by atoms with Crippen molar-refractivity contribution in [3.05, 3.63) is 53.6 Å². The van der Waals surface area contributed by atoms with Gasteiger partial charge in [0.1, 0.15) is 0 Å². The van der Waals surface area contributed by atoms with Crippen LogP contribution >= 0.6 is 0 Å². The van der Waals surface area contributed by atoms with Crippen molar-refractivity contribution >= 4 is 43.1 Å². The molecule has 0 atom stereocenters. The topological polar surface area (TPSA) is 130 Å². The van der Waals surface area contributed by atoms with Crippen molar-refractivity contribution < 1.29 is 26.4 Å². The number of sulfonamides is 2. The first kappa shape index (κ1) is 24.5. The van der Waals surface area contributed by atoms with Gasteiger partial charge in [0, 0.05) is 18.3 Å². The zero-order valence-corrected chi connectivity index (χ0v) is 19.3. The number of anilines is 2. The fraction of sp³-hybridized carbons (Fsp3) is 0.300. The fourth-order valence-corrected chi connectivity index (χ4v) is 4.46. The van der Waals surface area contributed by atoms with Crippen LogP contribution in [0.3, 0.4) is 0 Å². The number of amides is 1. The number of nitrogens with zero attached hydrogens (tertiary/aromatic N) is 1. The van der Waals surface area contributed by atoms with Gasteiger partial charge in [-0.3, -0.25) is 14.3 Å². The second-order valence-corrected chi connectivity index (χ2v) is 11.0. The maximum absolute atomic E-state index is 12.7. The molecule has 31 heavy (non-hydrogen) atoms. The quantitative estimate of drug-likeness (QED) is 0.544. The highest BCUT2D eigenvalue weighted by Gasteiger charge is 2.23. The molecule has 0 radical (unpaired) electrons. The second-order valence-electron chi connectivity index (χ2n) is 6.93. The number of hydrogen-bond donors (Lipinski definition) is 2. The van der Waals surface area contributed by atoms with Gasteiger partial charge in [-0.05, 0) is 56.7 Å². The highest BCUT2D eigenvalue weighted by molar-refractivity contribution is 7.92. The van der Waals surface area contributed by atoms with E-state index in [0.29, 0.717) is 22.5 Å². The first-order valence-electron chi connectivity index (χ1n) is 9.34.